The second-order valence-corrected chi connectivity index (χ2v) is 15.7. The molecule has 0 atom stereocenters. The van der Waals surface area contributed by atoms with Crippen LogP contribution in [0.15, 0.2) is 187 Å². The van der Waals surface area contributed by atoms with Gasteiger partial charge in [0.15, 0.2) is 0 Å². The van der Waals surface area contributed by atoms with E-state index in [2.05, 4.69) is 170 Å². The predicted octanol–water partition coefficient (Wildman–Crippen LogP) is 13.9. The molecule has 0 fully saturated rings. The first-order chi connectivity index (χ1) is 25.8. The molecular formula is C50H30OSe. The van der Waals surface area contributed by atoms with Gasteiger partial charge in [-0.2, -0.15) is 0 Å². The molecular weight excluding hydrogens is 696 g/mol. The minimum absolute atomic E-state index is 0.122. The molecule has 11 aromatic rings. The zero-order valence-corrected chi connectivity index (χ0v) is 29.9. The van der Waals surface area contributed by atoms with Gasteiger partial charge in [-0.15, -0.1) is 0 Å². The van der Waals surface area contributed by atoms with Crippen molar-refractivity contribution in [1.29, 1.82) is 0 Å². The third-order valence-corrected chi connectivity index (χ3v) is 13.3. The molecule has 0 N–H and O–H groups in total. The molecule has 0 saturated carbocycles. The summed E-state index contributed by atoms with van der Waals surface area (Å²) in [6.07, 6.45) is 1.77. The van der Waals surface area contributed by atoms with Crippen LogP contribution in [-0.4, -0.2) is 14.5 Å². The Morgan fingerprint density at radius 3 is 1.35 bits per heavy atom. The number of furan rings is 1. The molecule has 242 valence electrons. The van der Waals surface area contributed by atoms with Gasteiger partial charge >= 0.3 is 308 Å². The van der Waals surface area contributed by atoms with Crippen LogP contribution in [0.3, 0.4) is 0 Å². The van der Waals surface area contributed by atoms with Crippen molar-refractivity contribution >= 4 is 76.9 Å². The van der Waals surface area contributed by atoms with Gasteiger partial charge in [0.25, 0.3) is 0 Å². The van der Waals surface area contributed by atoms with E-state index in [-0.39, 0.29) is 14.5 Å². The van der Waals surface area contributed by atoms with Crippen molar-refractivity contribution in [3.63, 3.8) is 0 Å². The second-order valence-electron chi connectivity index (χ2n) is 13.5. The van der Waals surface area contributed by atoms with E-state index in [0.717, 1.165) is 11.3 Å². The van der Waals surface area contributed by atoms with Crippen molar-refractivity contribution in [3.05, 3.63) is 182 Å². The quantitative estimate of drug-likeness (QED) is 0.130. The molecule has 52 heavy (non-hydrogen) atoms. The molecule has 1 nitrogen and oxygen atoms in total. The van der Waals surface area contributed by atoms with Crippen molar-refractivity contribution in [1.82, 2.24) is 0 Å². The van der Waals surface area contributed by atoms with E-state index in [0.29, 0.717) is 0 Å². The normalized spacial score (nSPS) is 11.8. The Hall–Kier alpha value is -6.18. The summed E-state index contributed by atoms with van der Waals surface area (Å²) < 4.78 is 8.95. The van der Waals surface area contributed by atoms with Crippen LogP contribution in [0.1, 0.15) is 0 Å². The number of fused-ring (bicyclic) bond motifs is 7. The molecule has 0 spiro atoms. The van der Waals surface area contributed by atoms with Crippen molar-refractivity contribution in [3.8, 4) is 44.7 Å². The predicted molar refractivity (Wildman–Crippen MR) is 222 cm³/mol. The Morgan fingerprint density at radius 1 is 0.327 bits per heavy atom. The van der Waals surface area contributed by atoms with Crippen LogP contribution in [0.25, 0.3) is 107 Å². The van der Waals surface area contributed by atoms with Gasteiger partial charge in [-0.05, 0) is 0 Å². The Morgan fingerprint density at radius 2 is 0.788 bits per heavy atom. The fraction of sp³-hybridized carbons (Fsp3) is 0. The Kier molecular flexibility index (Phi) is 6.64. The molecule has 2 heterocycles. The number of hydrogen-bond donors (Lipinski definition) is 0. The van der Waals surface area contributed by atoms with Gasteiger partial charge < -0.3 is 0 Å². The number of hydrogen-bond acceptors (Lipinski definition) is 1. The summed E-state index contributed by atoms with van der Waals surface area (Å²) in [7, 11) is 0. The summed E-state index contributed by atoms with van der Waals surface area (Å²) in [6, 6.07) is 64.6. The van der Waals surface area contributed by atoms with Gasteiger partial charge in [-0.1, -0.05) is 0 Å². The molecule has 2 aromatic heterocycles. The van der Waals surface area contributed by atoms with Gasteiger partial charge in [0, 0.05) is 0 Å². The summed E-state index contributed by atoms with van der Waals surface area (Å²) in [5.41, 5.74) is 8.96. The average Bonchev–Trinajstić information content (AvgIpc) is 3.88. The summed E-state index contributed by atoms with van der Waals surface area (Å²) in [4.78, 5) is 0. The van der Waals surface area contributed by atoms with Crippen molar-refractivity contribution in [2.75, 3.05) is 0 Å². The first kappa shape index (κ1) is 29.5. The SMILES string of the molecule is c1ccc(-c2c3ccccc3c(-c3cccc4c3[se]c3cccc(-c5c6ccccc6c(-c6ccco6)c6ccccc56)c34)c3ccccc23)cc1. The van der Waals surface area contributed by atoms with Crippen LogP contribution in [0.2, 0.25) is 0 Å². The van der Waals surface area contributed by atoms with E-state index < -0.39 is 0 Å². The molecule has 0 aliphatic heterocycles. The molecule has 0 aliphatic rings. The van der Waals surface area contributed by atoms with Gasteiger partial charge in [0.2, 0.25) is 0 Å². The molecule has 0 bridgehead atoms. The molecule has 0 unspecified atom stereocenters. The molecule has 0 radical (unpaired) electrons. The number of benzene rings is 9. The Bertz CT molecular complexity index is 3050. The summed E-state index contributed by atoms with van der Waals surface area (Å²) >= 11 is 0.122. The topological polar surface area (TPSA) is 13.1 Å². The minimum atomic E-state index is 0.122. The van der Waals surface area contributed by atoms with Gasteiger partial charge in [-0.3, -0.25) is 0 Å². The third kappa shape index (κ3) is 4.29. The van der Waals surface area contributed by atoms with Crippen LogP contribution >= 0.6 is 0 Å². The zero-order valence-electron chi connectivity index (χ0n) is 28.1. The van der Waals surface area contributed by atoms with E-state index in [9.17, 15) is 0 Å². The molecule has 9 aromatic carbocycles. The zero-order chi connectivity index (χ0) is 34.2. The molecule has 0 aliphatic carbocycles. The Labute approximate surface area is 306 Å². The van der Waals surface area contributed by atoms with E-state index in [4.69, 9.17) is 4.42 Å². The van der Waals surface area contributed by atoms with Crippen molar-refractivity contribution < 1.29 is 4.42 Å². The van der Waals surface area contributed by atoms with Crippen molar-refractivity contribution in [2.45, 2.75) is 0 Å². The van der Waals surface area contributed by atoms with Crippen molar-refractivity contribution in [2.24, 2.45) is 0 Å². The fourth-order valence-corrected chi connectivity index (χ4v) is 11.3. The standard InChI is InChI=1S/C50H30OSe/c1-2-15-31(16-3-1)45-32-17-4-6-19-34(32)47(35-20-7-5-18-33(35)45)41-26-12-27-42-49-40(25-13-29-44(49)52-50(41)42)46-36-21-8-10-23-38(36)48(43-28-14-30-51-43)39-24-11-9-22-37(39)46/h1-30H. The van der Waals surface area contributed by atoms with Crippen LogP contribution in [0.5, 0.6) is 0 Å². The monoisotopic (exact) mass is 726 g/mol. The Balaban J connectivity index is 1.25. The van der Waals surface area contributed by atoms with Crippen LogP contribution in [0, 0.1) is 0 Å². The van der Waals surface area contributed by atoms with Crippen LogP contribution in [-0.2, 0) is 0 Å². The molecule has 0 saturated heterocycles. The van der Waals surface area contributed by atoms with E-state index >= 15 is 0 Å². The van der Waals surface area contributed by atoms with Gasteiger partial charge in [0.1, 0.15) is 0 Å². The first-order valence-electron chi connectivity index (χ1n) is 17.8. The van der Waals surface area contributed by atoms with Crippen LogP contribution in [0.4, 0.5) is 0 Å². The van der Waals surface area contributed by atoms with E-state index in [1.54, 1.807) is 6.26 Å². The maximum atomic E-state index is 6.05. The van der Waals surface area contributed by atoms with E-state index in [1.807, 2.05) is 6.07 Å². The summed E-state index contributed by atoms with van der Waals surface area (Å²) in [6.45, 7) is 0. The van der Waals surface area contributed by atoms with Gasteiger partial charge in [-0.25, -0.2) is 0 Å². The average molecular weight is 726 g/mol. The molecule has 2 heteroatoms. The number of rotatable bonds is 4. The molecule has 11 rings (SSSR count). The van der Waals surface area contributed by atoms with Gasteiger partial charge in [0.05, 0.1) is 0 Å². The summed E-state index contributed by atoms with van der Waals surface area (Å²) in [5.74, 6) is 0.897. The van der Waals surface area contributed by atoms with E-state index in [1.165, 1.54) is 95.8 Å². The summed E-state index contributed by atoms with van der Waals surface area (Å²) in [5, 5.41) is 12.8. The molecule has 0 amide bonds. The maximum absolute atomic E-state index is 6.05. The fourth-order valence-electron chi connectivity index (χ4n) is 8.69. The second kappa shape index (κ2) is 11.7. The first-order valence-corrected chi connectivity index (χ1v) is 19.5. The van der Waals surface area contributed by atoms with Crippen LogP contribution < -0.4 is 0 Å². The third-order valence-electron chi connectivity index (χ3n) is 10.8.